The minimum absolute atomic E-state index is 0.0699. The minimum Gasteiger partial charge on any atom is -0.392 e. The molecule has 2 aliphatic rings. The lowest BCUT2D eigenvalue weighted by atomic mass is 9.84. The Bertz CT molecular complexity index is 371. The van der Waals surface area contributed by atoms with Gasteiger partial charge >= 0.3 is 0 Å². The molecule has 2 aliphatic carbocycles. The molecule has 0 radical (unpaired) electrons. The van der Waals surface area contributed by atoms with E-state index in [-0.39, 0.29) is 12.0 Å². The Morgan fingerprint density at radius 1 is 1.24 bits per heavy atom. The molecule has 0 aliphatic heterocycles. The summed E-state index contributed by atoms with van der Waals surface area (Å²) in [4.78, 5) is 4.02. The predicted octanol–water partition coefficient (Wildman–Crippen LogP) is 1.53. The van der Waals surface area contributed by atoms with E-state index in [2.05, 4.69) is 4.98 Å². The van der Waals surface area contributed by atoms with Gasteiger partial charge in [0.15, 0.2) is 0 Å². The average molecular weight is 232 g/mol. The first kappa shape index (κ1) is 11.2. The predicted molar refractivity (Wildman–Crippen MR) is 66.4 cm³/mol. The minimum atomic E-state index is -0.282. The molecule has 0 spiro atoms. The van der Waals surface area contributed by atoms with Gasteiger partial charge in [0.1, 0.15) is 0 Å². The second-order valence-corrected chi connectivity index (χ2v) is 5.60. The Kier molecular flexibility index (Phi) is 2.89. The number of aliphatic hydroxyl groups is 1. The average Bonchev–Trinajstić information content (AvgIpc) is 2.98. The summed E-state index contributed by atoms with van der Waals surface area (Å²) in [5.74, 6) is 2.34. The van der Waals surface area contributed by atoms with Crippen molar-refractivity contribution in [2.75, 3.05) is 6.54 Å². The summed E-state index contributed by atoms with van der Waals surface area (Å²) < 4.78 is 0. The van der Waals surface area contributed by atoms with Crippen LogP contribution in [-0.2, 0) is 0 Å². The Hall–Kier alpha value is -0.930. The number of hydrogen-bond donors (Lipinski definition) is 2. The second-order valence-electron chi connectivity index (χ2n) is 5.60. The first-order chi connectivity index (χ1) is 8.29. The molecule has 1 aromatic rings. The number of aromatic nitrogens is 1. The molecule has 3 rings (SSSR count). The van der Waals surface area contributed by atoms with E-state index in [4.69, 9.17) is 5.73 Å². The molecule has 0 amide bonds. The van der Waals surface area contributed by atoms with Gasteiger partial charge in [0.05, 0.1) is 6.10 Å². The highest BCUT2D eigenvalue weighted by molar-refractivity contribution is 5.19. The summed E-state index contributed by atoms with van der Waals surface area (Å²) in [5.41, 5.74) is 6.96. The van der Waals surface area contributed by atoms with E-state index in [1.165, 1.54) is 19.3 Å². The summed E-state index contributed by atoms with van der Waals surface area (Å²) >= 11 is 0. The fourth-order valence-electron chi connectivity index (χ4n) is 3.45. The van der Waals surface area contributed by atoms with Gasteiger partial charge in [0, 0.05) is 24.9 Å². The molecule has 3 heteroatoms. The van der Waals surface area contributed by atoms with Crippen LogP contribution >= 0.6 is 0 Å². The lowest BCUT2D eigenvalue weighted by Crippen LogP contribution is -2.32. The molecule has 0 bridgehead atoms. The van der Waals surface area contributed by atoms with Crippen LogP contribution in [0, 0.1) is 17.8 Å². The SMILES string of the molecule is NCC(c1ccncc1)C(O)C1CC2CC2C1. The zero-order chi connectivity index (χ0) is 11.8. The molecule has 0 aromatic carbocycles. The van der Waals surface area contributed by atoms with Crippen LogP contribution in [0.5, 0.6) is 0 Å². The van der Waals surface area contributed by atoms with Gasteiger partial charge in [0.2, 0.25) is 0 Å². The molecule has 17 heavy (non-hydrogen) atoms. The summed E-state index contributed by atoms with van der Waals surface area (Å²) in [6.07, 6.45) is 7.07. The van der Waals surface area contributed by atoms with Crippen molar-refractivity contribution >= 4 is 0 Å². The third-order valence-corrected chi connectivity index (χ3v) is 4.56. The second kappa shape index (κ2) is 4.39. The Balaban J connectivity index is 1.72. The molecule has 2 fully saturated rings. The highest BCUT2D eigenvalue weighted by Crippen LogP contribution is 2.56. The van der Waals surface area contributed by atoms with Crippen LogP contribution in [0.15, 0.2) is 24.5 Å². The van der Waals surface area contributed by atoms with Crippen molar-refractivity contribution in [1.29, 1.82) is 0 Å². The number of rotatable bonds is 4. The molecule has 92 valence electrons. The fraction of sp³-hybridized carbons (Fsp3) is 0.643. The van der Waals surface area contributed by atoms with Gasteiger partial charge in [-0.3, -0.25) is 4.98 Å². The molecule has 1 heterocycles. The number of aliphatic hydroxyl groups excluding tert-OH is 1. The summed E-state index contributed by atoms with van der Waals surface area (Å²) in [6.45, 7) is 0.511. The summed E-state index contributed by atoms with van der Waals surface area (Å²) in [5, 5.41) is 10.5. The standard InChI is InChI=1S/C14H20N2O/c15-8-13(9-1-3-16-4-2-9)14(17)12-6-10-5-11(10)7-12/h1-4,10-14,17H,5-8,15H2. The third kappa shape index (κ3) is 2.09. The maximum atomic E-state index is 10.5. The van der Waals surface area contributed by atoms with E-state index in [9.17, 15) is 5.11 Å². The number of hydrogen-bond acceptors (Lipinski definition) is 3. The molecular weight excluding hydrogens is 212 g/mol. The van der Waals surface area contributed by atoms with E-state index in [0.29, 0.717) is 12.5 Å². The van der Waals surface area contributed by atoms with Crippen LogP contribution in [0.1, 0.15) is 30.7 Å². The lowest BCUT2D eigenvalue weighted by Gasteiger charge is -2.27. The summed E-state index contributed by atoms with van der Waals surface area (Å²) in [6, 6.07) is 3.94. The van der Waals surface area contributed by atoms with Crippen molar-refractivity contribution in [2.24, 2.45) is 23.5 Å². The molecule has 3 N–H and O–H groups in total. The van der Waals surface area contributed by atoms with E-state index >= 15 is 0 Å². The maximum absolute atomic E-state index is 10.5. The van der Waals surface area contributed by atoms with Crippen LogP contribution in [0.3, 0.4) is 0 Å². The van der Waals surface area contributed by atoms with Gasteiger partial charge < -0.3 is 10.8 Å². The van der Waals surface area contributed by atoms with Crippen LogP contribution in [0.4, 0.5) is 0 Å². The quantitative estimate of drug-likeness (QED) is 0.827. The van der Waals surface area contributed by atoms with Crippen molar-refractivity contribution in [2.45, 2.75) is 31.3 Å². The van der Waals surface area contributed by atoms with Crippen molar-refractivity contribution in [3.8, 4) is 0 Å². The van der Waals surface area contributed by atoms with Crippen LogP contribution in [-0.4, -0.2) is 22.7 Å². The fourth-order valence-corrected chi connectivity index (χ4v) is 3.45. The topological polar surface area (TPSA) is 59.1 Å². The van der Waals surface area contributed by atoms with Crippen LogP contribution in [0.25, 0.3) is 0 Å². The van der Waals surface area contributed by atoms with Gasteiger partial charge in [-0.1, -0.05) is 0 Å². The van der Waals surface area contributed by atoms with Gasteiger partial charge in [0.25, 0.3) is 0 Å². The summed E-state index contributed by atoms with van der Waals surface area (Å²) in [7, 11) is 0. The molecule has 1 aromatic heterocycles. The molecule has 4 atom stereocenters. The number of pyridine rings is 1. The van der Waals surface area contributed by atoms with Crippen molar-refractivity contribution in [3.63, 3.8) is 0 Å². The number of nitrogens with zero attached hydrogens (tertiary/aromatic N) is 1. The molecule has 2 saturated carbocycles. The highest BCUT2D eigenvalue weighted by atomic mass is 16.3. The Labute approximate surface area is 102 Å². The van der Waals surface area contributed by atoms with Crippen molar-refractivity contribution < 1.29 is 5.11 Å². The first-order valence-corrected chi connectivity index (χ1v) is 6.57. The van der Waals surface area contributed by atoms with E-state index in [1.54, 1.807) is 12.4 Å². The van der Waals surface area contributed by atoms with Crippen LogP contribution in [0.2, 0.25) is 0 Å². The van der Waals surface area contributed by atoms with Gasteiger partial charge in [-0.2, -0.15) is 0 Å². The Morgan fingerprint density at radius 2 is 1.88 bits per heavy atom. The van der Waals surface area contributed by atoms with E-state index in [1.807, 2.05) is 12.1 Å². The highest BCUT2D eigenvalue weighted by Gasteiger charge is 2.48. The van der Waals surface area contributed by atoms with E-state index < -0.39 is 0 Å². The number of nitrogens with two attached hydrogens (primary N) is 1. The molecule has 4 unspecified atom stereocenters. The largest absolute Gasteiger partial charge is 0.392 e. The Morgan fingerprint density at radius 3 is 2.47 bits per heavy atom. The number of fused-ring (bicyclic) bond motifs is 1. The third-order valence-electron chi connectivity index (χ3n) is 4.56. The zero-order valence-electron chi connectivity index (χ0n) is 10.00. The van der Waals surface area contributed by atoms with Crippen molar-refractivity contribution in [1.82, 2.24) is 4.98 Å². The normalized spacial score (nSPS) is 34.1. The van der Waals surface area contributed by atoms with Gasteiger partial charge in [-0.15, -0.1) is 0 Å². The smallest absolute Gasteiger partial charge is 0.0649 e. The monoisotopic (exact) mass is 232 g/mol. The molecule has 3 nitrogen and oxygen atoms in total. The molecule has 0 saturated heterocycles. The van der Waals surface area contributed by atoms with Crippen molar-refractivity contribution in [3.05, 3.63) is 30.1 Å². The van der Waals surface area contributed by atoms with Gasteiger partial charge in [-0.05, 0) is 54.7 Å². The zero-order valence-corrected chi connectivity index (χ0v) is 10.00. The maximum Gasteiger partial charge on any atom is 0.0649 e. The van der Waals surface area contributed by atoms with E-state index in [0.717, 1.165) is 17.4 Å². The van der Waals surface area contributed by atoms with Gasteiger partial charge in [-0.25, -0.2) is 0 Å². The molecular formula is C14H20N2O. The first-order valence-electron chi connectivity index (χ1n) is 6.57. The lowest BCUT2D eigenvalue weighted by molar-refractivity contribution is 0.0790. The van der Waals surface area contributed by atoms with Crippen LogP contribution < -0.4 is 5.73 Å².